The van der Waals surface area contributed by atoms with Crippen molar-refractivity contribution in [2.24, 2.45) is 0 Å². The van der Waals surface area contributed by atoms with Gasteiger partial charge in [0.2, 0.25) is 0 Å². The quantitative estimate of drug-likeness (QED) is 0.529. The number of hydrogen-bond donors (Lipinski definition) is 3. The number of H-pyrrole nitrogens is 1. The zero-order valence-corrected chi connectivity index (χ0v) is 15.6. The van der Waals surface area contributed by atoms with Crippen LogP contribution in [0.2, 0.25) is 0 Å². The van der Waals surface area contributed by atoms with E-state index < -0.39 is 11.2 Å². The molecule has 0 saturated heterocycles. The zero-order chi connectivity index (χ0) is 19.4. The fraction of sp³-hybridized carbons (Fsp3) is 0.556. The third-order valence-electron chi connectivity index (χ3n) is 4.60. The number of methoxy groups -OCH3 is 1. The van der Waals surface area contributed by atoms with Crippen molar-refractivity contribution in [2.45, 2.75) is 32.2 Å². The van der Waals surface area contributed by atoms with Crippen molar-refractivity contribution in [1.82, 2.24) is 25.2 Å². The Morgan fingerprint density at radius 2 is 2.11 bits per heavy atom. The van der Waals surface area contributed by atoms with E-state index in [1.54, 1.807) is 20.1 Å². The van der Waals surface area contributed by atoms with Gasteiger partial charge in [-0.3, -0.25) is 19.1 Å². The van der Waals surface area contributed by atoms with E-state index in [4.69, 9.17) is 4.74 Å². The number of carbonyl (C=O) groups is 1. The minimum atomic E-state index is -0.585. The lowest BCUT2D eigenvalue weighted by Crippen LogP contribution is -2.35. The second-order valence-electron chi connectivity index (χ2n) is 6.57. The molecule has 9 nitrogen and oxygen atoms in total. The number of aryl methyl sites for hydroxylation is 1. The van der Waals surface area contributed by atoms with Crippen molar-refractivity contribution in [2.75, 3.05) is 33.4 Å². The molecule has 0 aromatic carbocycles. The largest absolute Gasteiger partial charge is 0.383 e. The fourth-order valence-electron chi connectivity index (χ4n) is 3.01. The van der Waals surface area contributed by atoms with Crippen molar-refractivity contribution >= 4 is 16.9 Å². The van der Waals surface area contributed by atoms with Crippen molar-refractivity contribution in [3.05, 3.63) is 38.2 Å². The third kappa shape index (κ3) is 4.25. The molecule has 2 aromatic heterocycles. The van der Waals surface area contributed by atoms with E-state index in [0.29, 0.717) is 32.8 Å². The molecular formula is C18H25N5O4. The van der Waals surface area contributed by atoms with Gasteiger partial charge in [-0.1, -0.05) is 0 Å². The molecule has 1 aliphatic rings. The zero-order valence-electron chi connectivity index (χ0n) is 15.6. The Morgan fingerprint density at radius 3 is 2.78 bits per heavy atom. The predicted molar refractivity (Wildman–Crippen MR) is 101 cm³/mol. The fourth-order valence-corrected chi connectivity index (χ4v) is 3.01. The van der Waals surface area contributed by atoms with Gasteiger partial charge in [0.1, 0.15) is 0 Å². The monoisotopic (exact) mass is 375 g/mol. The van der Waals surface area contributed by atoms with Crippen molar-refractivity contribution in [3.8, 4) is 0 Å². The lowest BCUT2D eigenvalue weighted by molar-refractivity contribution is 0.0955. The molecule has 3 rings (SSSR count). The first-order valence-electron chi connectivity index (χ1n) is 9.22. The average Bonchev–Trinajstić information content (AvgIpc) is 3.49. The van der Waals surface area contributed by atoms with E-state index >= 15 is 0 Å². The summed E-state index contributed by atoms with van der Waals surface area (Å²) in [6.45, 7) is 4.45. The highest BCUT2D eigenvalue weighted by atomic mass is 16.5. The van der Waals surface area contributed by atoms with Gasteiger partial charge in [0.05, 0.1) is 17.6 Å². The summed E-state index contributed by atoms with van der Waals surface area (Å²) in [7, 11) is 1.63. The Balaban J connectivity index is 1.92. The van der Waals surface area contributed by atoms with Crippen LogP contribution in [0.25, 0.3) is 11.0 Å². The number of carbonyl (C=O) groups excluding carboxylic acids is 1. The minimum Gasteiger partial charge on any atom is -0.383 e. The molecule has 0 aliphatic heterocycles. The van der Waals surface area contributed by atoms with Gasteiger partial charge in [-0.2, -0.15) is 0 Å². The van der Waals surface area contributed by atoms with E-state index in [0.717, 1.165) is 18.5 Å². The molecule has 27 heavy (non-hydrogen) atoms. The number of aromatic amines is 1. The first kappa shape index (κ1) is 19.2. The van der Waals surface area contributed by atoms with Crippen LogP contribution in [0.15, 0.2) is 15.7 Å². The van der Waals surface area contributed by atoms with E-state index in [1.807, 2.05) is 0 Å². The summed E-state index contributed by atoms with van der Waals surface area (Å²) in [6.07, 6.45) is 2.01. The summed E-state index contributed by atoms with van der Waals surface area (Å²) in [5.41, 5.74) is 0.210. The number of ether oxygens (including phenoxy) is 1. The molecule has 1 fully saturated rings. The summed E-state index contributed by atoms with van der Waals surface area (Å²) in [5, 5.41) is 6.12. The van der Waals surface area contributed by atoms with Crippen molar-refractivity contribution < 1.29 is 9.53 Å². The second kappa shape index (κ2) is 8.45. The van der Waals surface area contributed by atoms with Gasteiger partial charge in [0.15, 0.2) is 5.65 Å². The Morgan fingerprint density at radius 1 is 1.33 bits per heavy atom. The molecule has 2 aromatic rings. The van der Waals surface area contributed by atoms with Crippen LogP contribution in [0.4, 0.5) is 0 Å². The number of aromatic nitrogens is 3. The standard InChI is InChI=1S/C18H25N5O4/c1-3-23-15-14(17(25)22-18(23)26)12(10-13(21-15)11-4-5-11)16(24)20-7-6-19-8-9-27-2/h10-11,19H,3-9H2,1-2H3,(H,20,24)(H,22,25,26). The molecule has 0 spiro atoms. The molecule has 0 radical (unpaired) electrons. The van der Waals surface area contributed by atoms with Crippen LogP contribution in [0.5, 0.6) is 0 Å². The smallest absolute Gasteiger partial charge is 0.329 e. The lowest BCUT2D eigenvalue weighted by Gasteiger charge is -2.12. The number of rotatable bonds is 9. The van der Waals surface area contributed by atoms with Crippen molar-refractivity contribution in [3.63, 3.8) is 0 Å². The summed E-state index contributed by atoms with van der Waals surface area (Å²) < 4.78 is 6.34. The molecule has 0 bridgehead atoms. The average molecular weight is 375 g/mol. The van der Waals surface area contributed by atoms with Gasteiger partial charge >= 0.3 is 5.69 Å². The normalized spacial score (nSPS) is 13.9. The Hall–Kier alpha value is -2.52. The van der Waals surface area contributed by atoms with Crippen LogP contribution in [-0.2, 0) is 11.3 Å². The molecule has 3 N–H and O–H groups in total. The molecule has 1 aliphatic carbocycles. The van der Waals surface area contributed by atoms with Crippen LogP contribution in [0.3, 0.4) is 0 Å². The van der Waals surface area contributed by atoms with Gasteiger partial charge in [-0.15, -0.1) is 0 Å². The summed E-state index contributed by atoms with van der Waals surface area (Å²) in [4.78, 5) is 44.1. The molecule has 2 heterocycles. The highest BCUT2D eigenvalue weighted by molar-refractivity contribution is 6.05. The van der Waals surface area contributed by atoms with Crippen LogP contribution >= 0.6 is 0 Å². The Bertz CT molecular complexity index is 945. The van der Waals surface area contributed by atoms with Gasteiger partial charge in [-0.05, 0) is 25.8 Å². The molecule has 146 valence electrons. The number of pyridine rings is 1. The van der Waals surface area contributed by atoms with Crippen molar-refractivity contribution in [1.29, 1.82) is 0 Å². The first-order valence-corrected chi connectivity index (χ1v) is 9.22. The van der Waals surface area contributed by atoms with E-state index in [2.05, 4.69) is 20.6 Å². The molecule has 9 heteroatoms. The molecular weight excluding hydrogens is 350 g/mol. The maximum absolute atomic E-state index is 12.7. The maximum atomic E-state index is 12.7. The molecule has 0 unspecified atom stereocenters. The highest BCUT2D eigenvalue weighted by Gasteiger charge is 2.28. The number of fused-ring (bicyclic) bond motifs is 1. The van der Waals surface area contributed by atoms with Gasteiger partial charge in [-0.25, -0.2) is 9.78 Å². The molecule has 1 saturated carbocycles. The second-order valence-corrected chi connectivity index (χ2v) is 6.57. The predicted octanol–water partition coefficient (Wildman–Crippen LogP) is -0.0521. The summed E-state index contributed by atoms with van der Waals surface area (Å²) >= 11 is 0. The molecule has 1 amide bonds. The summed E-state index contributed by atoms with van der Waals surface area (Å²) in [5.74, 6) is -0.0546. The van der Waals surface area contributed by atoms with Crippen LogP contribution in [0.1, 0.15) is 41.7 Å². The lowest BCUT2D eigenvalue weighted by atomic mass is 10.1. The number of nitrogens with zero attached hydrogens (tertiary/aromatic N) is 2. The van der Waals surface area contributed by atoms with E-state index in [1.165, 1.54) is 4.57 Å². The first-order chi connectivity index (χ1) is 13.1. The highest BCUT2D eigenvalue weighted by Crippen LogP contribution is 2.39. The number of nitrogens with one attached hydrogen (secondary N) is 3. The van der Waals surface area contributed by atoms with Crippen LogP contribution in [0, 0.1) is 0 Å². The number of hydrogen-bond acceptors (Lipinski definition) is 6. The number of amides is 1. The SMILES string of the molecule is CCn1c(=O)[nH]c(=O)c2c(C(=O)NCCNCCOC)cc(C3CC3)nc21. The van der Waals surface area contributed by atoms with E-state index in [-0.39, 0.29) is 28.4 Å². The Kier molecular flexibility index (Phi) is 6.02. The van der Waals surface area contributed by atoms with Gasteiger partial charge < -0.3 is 15.4 Å². The third-order valence-corrected chi connectivity index (χ3v) is 4.60. The molecule has 0 atom stereocenters. The van der Waals surface area contributed by atoms with E-state index in [9.17, 15) is 14.4 Å². The topological polar surface area (TPSA) is 118 Å². The van der Waals surface area contributed by atoms with Crippen LogP contribution < -0.4 is 21.9 Å². The minimum absolute atomic E-state index is 0.158. The van der Waals surface area contributed by atoms with Gasteiger partial charge in [0, 0.05) is 44.9 Å². The Labute approximate surface area is 156 Å². The summed E-state index contributed by atoms with van der Waals surface area (Å²) in [6, 6.07) is 1.69. The van der Waals surface area contributed by atoms with Gasteiger partial charge in [0.25, 0.3) is 11.5 Å². The maximum Gasteiger partial charge on any atom is 0.329 e. The van der Waals surface area contributed by atoms with Crippen LogP contribution in [-0.4, -0.2) is 53.8 Å².